The van der Waals surface area contributed by atoms with Gasteiger partial charge in [0.2, 0.25) is 5.91 Å². The number of nitrogens with zero attached hydrogens (tertiary/aromatic N) is 1. The van der Waals surface area contributed by atoms with Crippen LogP contribution in [-0.4, -0.2) is 23.9 Å². The van der Waals surface area contributed by atoms with Crippen LogP contribution in [0, 0.1) is 12.8 Å². The molecule has 1 heterocycles. The van der Waals surface area contributed by atoms with Gasteiger partial charge in [-0.3, -0.25) is 9.69 Å². The van der Waals surface area contributed by atoms with Gasteiger partial charge in [0, 0.05) is 29.1 Å². The topological polar surface area (TPSA) is 32.3 Å². The first kappa shape index (κ1) is 19.2. The van der Waals surface area contributed by atoms with E-state index in [1.807, 2.05) is 6.07 Å². The molecule has 2 aromatic rings. The van der Waals surface area contributed by atoms with E-state index in [1.54, 1.807) is 12.1 Å². The first-order chi connectivity index (χ1) is 12.5. The van der Waals surface area contributed by atoms with Crippen molar-refractivity contribution in [1.29, 1.82) is 0 Å². The number of carbonyl (C=O) groups is 1. The van der Waals surface area contributed by atoms with Crippen LogP contribution in [0.1, 0.15) is 29.5 Å². The standard InChI is InChI=1S/C21H24Cl2N2O/c1-15-4-2-3-5-18(15)14-25-10-8-16(9-11-25)21(26)24-13-17-6-7-19(22)12-20(17)23/h2-7,12,16H,8-11,13-14H2,1H3,(H,24,26). The SMILES string of the molecule is Cc1ccccc1CN1CCC(C(=O)NCc2ccc(Cl)cc2Cl)CC1. The minimum absolute atomic E-state index is 0.0780. The lowest BCUT2D eigenvalue weighted by molar-refractivity contribution is -0.126. The number of amides is 1. The highest BCUT2D eigenvalue weighted by Gasteiger charge is 2.25. The summed E-state index contributed by atoms with van der Waals surface area (Å²) in [6, 6.07) is 13.8. The van der Waals surface area contributed by atoms with Gasteiger partial charge >= 0.3 is 0 Å². The number of nitrogens with one attached hydrogen (secondary N) is 1. The molecule has 1 aliphatic heterocycles. The average molecular weight is 391 g/mol. The third-order valence-corrected chi connectivity index (χ3v) is 5.67. The summed E-state index contributed by atoms with van der Waals surface area (Å²) in [6.07, 6.45) is 1.79. The number of hydrogen-bond donors (Lipinski definition) is 1. The van der Waals surface area contributed by atoms with E-state index in [0.717, 1.165) is 38.0 Å². The molecule has 26 heavy (non-hydrogen) atoms. The summed E-state index contributed by atoms with van der Waals surface area (Å²) in [6.45, 7) is 5.46. The van der Waals surface area contributed by atoms with Crippen molar-refractivity contribution in [2.75, 3.05) is 13.1 Å². The first-order valence-corrected chi connectivity index (χ1v) is 9.77. The summed E-state index contributed by atoms with van der Waals surface area (Å²) in [4.78, 5) is 14.9. The summed E-state index contributed by atoms with van der Waals surface area (Å²) >= 11 is 12.1. The fraction of sp³-hybridized carbons (Fsp3) is 0.381. The molecule has 2 aromatic carbocycles. The fourth-order valence-electron chi connectivity index (χ4n) is 3.37. The molecule has 1 saturated heterocycles. The minimum atomic E-state index is 0.0780. The van der Waals surface area contributed by atoms with Crippen molar-refractivity contribution in [2.24, 2.45) is 5.92 Å². The number of likely N-dealkylation sites (tertiary alicyclic amines) is 1. The largest absolute Gasteiger partial charge is 0.352 e. The van der Waals surface area contributed by atoms with Crippen LogP contribution in [0.4, 0.5) is 0 Å². The van der Waals surface area contributed by atoms with Gasteiger partial charge in [0.1, 0.15) is 0 Å². The molecular weight excluding hydrogens is 367 g/mol. The zero-order valence-electron chi connectivity index (χ0n) is 15.0. The number of hydrogen-bond acceptors (Lipinski definition) is 2. The maximum atomic E-state index is 12.5. The summed E-state index contributed by atoms with van der Waals surface area (Å²) in [5.41, 5.74) is 3.58. The molecule has 0 spiro atoms. The highest BCUT2D eigenvalue weighted by Crippen LogP contribution is 2.22. The lowest BCUT2D eigenvalue weighted by Gasteiger charge is -2.31. The van der Waals surface area contributed by atoms with Crippen LogP contribution >= 0.6 is 23.2 Å². The molecule has 1 N–H and O–H groups in total. The average Bonchev–Trinajstić information content (AvgIpc) is 2.63. The van der Waals surface area contributed by atoms with Crippen molar-refractivity contribution in [1.82, 2.24) is 10.2 Å². The molecule has 3 rings (SSSR count). The van der Waals surface area contributed by atoms with E-state index in [1.165, 1.54) is 11.1 Å². The summed E-state index contributed by atoms with van der Waals surface area (Å²) in [5, 5.41) is 4.21. The predicted octanol–water partition coefficient (Wildman–Crippen LogP) is 4.83. The van der Waals surface area contributed by atoms with Gasteiger partial charge in [-0.25, -0.2) is 0 Å². The number of piperidine rings is 1. The normalized spacial score (nSPS) is 15.8. The fourth-order valence-corrected chi connectivity index (χ4v) is 3.85. The molecule has 1 aliphatic rings. The van der Waals surface area contributed by atoms with E-state index in [2.05, 4.69) is 41.4 Å². The third kappa shape index (κ3) is 5.00. The van der Waals surface area contributed by atoms with Gasteiger partial charge in [-0.15, -0.1) is 0 Å². The second kappa shape index (κ2) is 8.90. The smallest absolute Gasteiger partial charge is 0.223 e. The van der Waals surface area contributed by atoms with Gasteiger partial charge in [-0.2, -0.15) is 0 Å². The lowest BCUT2D eigenvalue weighted by atomic mass is 9.95. The zero-order valence-corrected chi connectivity index (χ0v) is 16.5. The van der Waals surface area contributed by atoms with E-state index < -0.39 is 0 Å². The van der Waals surface area contributed by atoms with Crippen LogP contribution in [0.5, 0.6) is 0 Å². The maximum absolute atomic E-state index is 12.5. The summed E-state index contributed by atoms with van der Waals surface area (Å²) in [7, 11) is 0. The number of carbonyl (C=O) groups excluding carboxylic acids is 1. The Hall–Kier alpha value is -1.55. The van der Waals surface area contributed by atoms with Gasteiger partial charge in [-0.1, -0.05) is 53.5 Å². The summed E-state index contributed by atoms with van der Waals surface area (Å²) < 4.78 is 0. The van der Waals surface area contributed by atoms with Crippen LogP contribution < -0.4 is 5.32 Å². The number of aryl methyl sites for hydroxylation is 1. The van der Waals surface area contributed by atoms with Gasteiger partial charge < -0.3 is 5.32 Å². The molecule has 0 aromatic heterocycles. The highest BCUT2D eigenvalue weighted by molar-refractivity contribution is 6.35. The Morgan fingerprint density at radius 1 is 1.12 bits per heavy atom. The Bertz CT molecular complexity index is 770. The van der Waals surface area contributed by atoms with E-state index >= 15 is 0 Å². The van der Waals surface area contributed by atoms with Crippen LogP contribution in [0.2, 0.25) is 10.0 Å². The molecule has 0 atom stereocenters. The molecule has 0 unspecified atom stereocenters. The van der Waals surface area contributed by atoms with Crippen LogP contribution in [0.3, 0.4) is 0 Å². The molecule has 138 valence electrons. The Balaban J connectivity index is 1.47. The Labute approximate surface area is 165 Å². The van der Waals surface area contributed by atoms with Gasteiger partial charge in [0.05, 0.1) is 0 Å². The van der Waals surface area contributed by atoms with Crippen molar-refractivity contribution in [2.45, 2.75) is 32.9 Å². The first-order valence-electron chi connectivity index (χ1n) is 9.01. The monoisotopic (exact) mass is 390 g/mol. The molecule has 1 amide bonds. The number of halogens is 2. The molecule has 5 heteroatoms. The Morgan fingerprint density at radius 2 is 1.85 bits per heavy atom. The van der Waals surface area contributed by atoms with Crippen molar-refractivity contribution in [3.8, 4) is 0 Å². The van der Waals surface area contributed by atoms with E-state index in [4.69, 9.17) is 23.2 Å². The van der Waals surface area contributed by atoms with Crippen LogP contribution in [0.25, 0.3) is 0 Å². The van der Waals surface area contributed by atoms with Crippen LogP contribution in [0.15, 0.2) is 42.5 Å². The molecule has 0 radical (unpaired) electrons. The number of rotatable bonds is 5. The van der Waals surface area contributed by atoms with Gasteiger partial charge in [0.25, 0.3) is 0 Å². The number of benzene rings is 2. The second-order valence-corrected chi connectivity index (χ2v) is 7.77. The molecule has 0 aliphatic carbocycles. The highest BCUT2D eigenvalue weighted by atomic mass is 35.5. The van der Waals surface area contributed by atoms with Gasteiger partial charge in [0.15, 0.2) is 0 Å². The quantitative estimate of drug-likeness (QED) is 0.792. The predicted molar refractivity (Wildman–Crippen MR) is 107 cm³/mol. The van der Waals surface area contributed by atoms with Crippen molar-refractivity contribution in [3.05, 3.63) is 69.2 Å². The lowest BCUT2D eigenvalue weighted by Crippen LogP contribution is -2.40. The van der Waals surface area contributed by atoms with Crippen molar-refractivity contribution < 1.29 is 4.79 Å². The Morgan fingerprint density at radius 3 is 2.54 bits per heavy atom. The van der Waals surface area contributed by atoms with Crippen molar-refractivity contribution >= 4 is 29.1 Å². The second-order valence-electron chi connectivity index (χ2n) is 6.93. The molecular formula is C21H24Cl2N2O. The molecule has 0 saturated carbocycles. The Kier molecular flexibility index (Phi) is 6.58. The zero-order chi connectivity index (χ0) is 18.5. The van der Waals surface area contributed by atoms with Crippen LogP contribution in [-0.2, 0) is 17.9 Å². The van der Waals surface area contributed by atoms with Gasteiger partial charge in [-0.05, 0) is 61.7 Å². The van der Waals surface area contributed by atoms with Crippen molar-refractivity contribution in [3.63, 3.8) is 0 Å². The van der Waals surface area contributed by atoms with E-state index in [0.29, 0.717) is 16.6 Å². The van der Waals surface area contributed by atoms with E-state index in [-0.39, 0.29) is 11.8 Å². The molecule has 0 bridgehead atoms. The minimum Gasteiger partial charge on any atom is -0.352 e. The molecule has 1 fully saturated rings. The maximum Gasteiger partial charge on any atom is 0.223 e. The molecule has 3 nitrogen and oxygen atoms in total. The summed E-state index contributed by atoms with van der Waals surface area (Å²) in [5.74, 6) is 0.195. The van der Waals surface area contributed by atoms with E-state index in [9.17, 15) is 4.79 Å². The third-order valence-electron chi connectivity index (χ3n) is 5.08.